The van der Waals surface area contributed by atoms with Crippen LogP contribution < -0.4 is 5.32 Å². The molecule has 0 saturated carbocycles. The topological polar surface area (TPSA) is 66.5 Å². The molecule has 0 fully saturated rings. The number of allylic oxidation sites excluding steroid dienone is 1. The first-order chi connectivity index (χ1) is 13.0. The van der Waals surface area contributed by atoms with Gasteiger partial charge >= 0.3 is 0 Å². The fourth-order valence-electron chi connectivity index (χ4n) is 3.35. The van der Waals surface area contributed by atoms with E-state index in [1.165, 1.54) is 25.5 Å². The minimum absolute atomic E-state index is 0.186. The number of hydrogen-bond donors (Lipinski definition) is 1. The van der Waals surface area contributed by atoms with Gasteiger partial charge in [0, 0.05) is 13.6 Å². The molecule has 1 N–H and O–H groups in total. The highest BCUT2D eigenvalue weighted by molar-refractivity contribution is 7.89. The summed E-state index contributed by atoms with van der Waals surface area (Å²) >= 11 is 0. The molecule has 0 aromatic heterocycles. The molecule has 0 saturated heterocycles. The van der Waals surface area contributed by atoms with Gasteiger partial charge in [0.05, 0.1) is 11.4 Å². The van der Waals surface area contributed by atoms with Crippen molar-refractivity contribution in [2.45, 2.75) is 37.0 Å². The summed E-state index contributed by atoms with van der Waals surface area (Å²) in [6, 6.07) is 12.6. The van der Waals surface area contributed by atoms with E-state index in [-0.39, 0.29) is 17.3 Å². The quantitative estimate of drug-likeness (QED) is 0.741. The van der Waals surface area contributed by atoms with Crippen LogP contribution in [0.4, 0.5) is 0 Å². The Morgan fingerprint density at radius 2 is 1.89 bits per heavy atom. The van der Waals surface area contributed by atoms with Crippen molar-refractivity contribution in [3.63, 3.8) is 0 Å². The zero-order valence-corrected chi connectivity index (χ0v) is 16.5. The molecular formula is C21H26N2O3S. The minimum atomic E-state index is -3.71. The SMILES string of the molecule is CN(CC(=O)NCCC1=CCCCC1)S(=O)(=O)c1ccc2ccccc2c1. The zero-order valence-electron chi connectivity index (χ0n) is 15.6. The normalized spacial score (nSPS) is 15.0. The van der Waals surface area contributed by atoms with Crippen molar-refractivity contribution in [3.8, 4) is 0 Å². The molecule has 0 bridgehead atoms. The number of fused-ring (bicyclic) bond motifs is 1. The van der Waals surface area contributed by atoms with E-state index in [2.05, 4.69) is 11.4 Å². The van der Waals surface area contributed by atoms with Crippen LogP contribution in [-0.4, -0.2) is 38.8 Å². The highest BCUT2D eigenvalue weighted by Crippen LogP contribution is 2.21. The van der Waals surface area contributed by atoms with Crippen molar-refractivity contribution < 1.29 is 13.2 Å². The molecule has 1 aliphatic carbocycles. The standard InChI is InChI=1S/C21H26N2O3S/c1-23(16-21(24)22-14-13-17-7-3-2-4-8-17)27(25,26)20-12-11-18-9-5-6-10-19(18)15-20/h5-7,9-12,15H,2-4,8,13-14,16H2,1H3,(H,22,24). The lowest BCUT2D eigenvalue weighted by atomic mass is 9.97. The molecule has 0 spiro atoms. The van der Waals surface area contributed by atoms with Gasteiger partial charge in [-0.05, 0) is 55.0 Å². The maximum Gasteiger partial charge on any atom is 0.243 e. The summed E-state index contributed by atoms with van der Waals surface area (Å²) in [5, 5.41) is 4.67. The molecule has 2 aromatic rings. The lowest BCUT2D eigenvalue weighted by Crippen LogP contribution is -2.38. The molecule has 0 unspecified atom stereocenters. The van der Waals surface area contributed by atoms with Gasteiger partial charge in [0.1, 0.15) is 0 Å². The number of carbonyl (C=O) groups is 1. The van der Waals surface area contributed by atoms with E-state index >= 15 is 0 Å². The van der Waals surface area contributed by atoms with Gasteiger partial charge in [-0.2, -0.15) is 4.31 Å². The van der Waals surface area contributed by atoms with Gasteiger partial charge in [-0.15, -0.1) is 0 Å². The Hall–Kier alpha value is -2.18. The van der Waals surface area contributed by atoms with E-state index in [0.29, 0.717) is 6.54 Å². The second-order valence-corrected chi connectivity index (χ2v) is 9.02. The molecule has 2 aromatic carbocycles. The number of likely N-dealkylation sites (N-methyl/N-ethyl adjacent to an activating group) is 1. The summed E-state index contributed by atoms with van der Waals surface area (Å²) in [4.78, 5) is 12.3. The highest BCUT2D eigenvalue weighted by atomic mass is 32.2. The molecule has 6 heteroatoms. The van der Waals surface area contributed by atoms with Crippen molar-refractivity contribution >= 4 is 26.7 Å². The Balaban J connectivity index is 1.58. The molecule has 1 aliphatic rings. The molecule has 0 heterocycles. The van der Waals surface area contributed by atoms with Gasteiger partial charge in [0.2, 0.25) is 15.9 Å². The average molecular weight is 387 g/mol. The predicted octanol–water partition coefficient (Wildman–Crippen LogP) is 3.47. The van der Waals surface area contributed by atoms with Crippen molar-refractivity contribution in [2.75, 3.05) is 20.1 Å². The number of nitrogens with one attached hydrogen (secondary N) is 1. The first-order valence-electron chi connectivity index (χ1n) is 9.36. The Labute approximate surface area is 161 Å². The van der Waals surface area contributed by atoms with Crippen LogP contribution in [0.3, 0.4) is 0 Å². The Bertz CT molecular complexity index is 951. The number of amides is 1. The van der Waals surface area contributed by atoms with Crippen LogP contribution in [0.2, 0.25) is 0 Å². The van der Waals surface area contributed by atoms with E-state index in [0.717, 1.165) is 34.3 Å². The summed E-state index contributed by atoms with van der Waals surface area (Å²) in [5.74, 6) is -0.279. The van der Waals surface area contributed by atoms with Crippen LogP contribution in [0.1, 0.15) is 32.1 Å². The molecule has 0 radical (unpaired) electrons. The van der Waals surface area contributed by atoms with Gasteiger partial charge in [-0.1, -0.05) is 42.0 Å². The maximum atomic E-state index is 12.8. The van der Waals surface area contributed by atoms with Crippen LogP contribution in [0.25, 0.3) is 10.8 Å². The van der Waals surface area contributed by atoms with Crippen molar-refractivity contribution in [2.24, 2.45) is 0 Å². The van der Waals surface area contributed by atoms with Crippen molar-refractivity contribution in [1.82, 2.24) is 9.62 Å². The van der Waals surface area contributed by atoms with Crippen LogP contribution in [-0.2, 0) is 14.8 Å². The third-order valence-corrected chi connectivity index (χ3v) is 6.75. The summed E-state index contributed by atoms with van der Waals surface area (Å²) in [6.45, 7) is 0.364. The summed E-state index contributed by atoms with van der Waals surface area (Å²) in [7, 11) is -2.27. The van der Waals surface area contributed by atoms with Gasteiger partial charge in [0.15, 0.2) is 0 Å². The minimum Gasteiger partial charge on any atom is -0.355 e. The zero-order chi connectivity index (χ0) is 19.3. The number of sulfonamides is 1. The van der Waals surface area contributed by atoms with Crippen LogP contribution in [0.15, 0.2) is 59.0 Å². The van der Waals surface area contributed by atoms with Gasteiger partial charge in [0.25, 0.3) is 0 Å². The maximum absolute atomic E-state index is 12.8. The molecule has 0 aliphatic heterocycles. The lowest BCUT2D eigenvalue weighted by molar-refractivity contribution is -0.121. The molecule has 5 nitrogen and oxygen atoms in total. The van der Waals surface area contributed by atoms with Crippen molar-refractivity contribution in [1.29, 1.82) is 0 Å². The smallest absolute Gasteiger partial charge is 0.243 e. The molecule has 3 rings (SSSR count). The average Bonchev–Trinajstić information content (AvgIpc) is 2.68. The number of rotatable bonds is 7. The number of nitrogens with zero attached hydrogens (tertiary/aromatic N) is 1. The first-order valence-corrected chi connectivity index (χ1v) is 10.8. The lowest BCUT2D eigenvalue weighted by Gasteiger charge is -2.18. The van der Waals surface area contributed by atoms with Crippen molar-refractivity contribution in [3.05, 3.63) is 54.1 Å². The third-order valence-electron chi connectivity index (χ3n) is 4.95. The van der Waals surface area contributed by atoms with E-state index in [1.807, 2.05) is 24.3 Å². The highest BCUT2D eigenvalue weighted by Gasteiger charge is 2.23. The van der Waals surface area contributed by atoms with E-state index in [1.54, 1.807) is 18.2 Å². The van der Waals surface area contributed by atoms with Crippen LogP contribution in [0, 0.1) is 0 Å². The molecule has 27 heavy (non-hydrogen) atoms. The predicted molar refractivity (Wildman–Crippen MR) is 108 cm³/mol. The molecule has 0 atom stereocenters. The fraction of sp³-hybridized carbons (Fsp3) is 0.381. The fourth-order valence-corrected chi connectivity index (χ4v) is 4.51. The van der Waals surface area contributed by atoms with E-state index in [4.69, 9.17) is 0 Å². The van der Waals surface area contributed by atoms with E-state index < -0.39 is 10.0 Å². The number of carbonyl (C=O) groups excluding carboxylic acids is 1. The second-order valence-electron chi connectivity index (χ2n) is 6.98. The van der Waals surface area contributed by atoms with Crippen LogP contribution >= 0.6 is 0 Å². The summed E-state index contributed by atoms with van der Waals surface area (Å²) in [6.07, 6.45) is 7.78. The molecule has 1 amide bonds. The molecular weight excluding hydrogens is 360 g/mol. The number of benzene rings is 2. The Morgan fingerprint density at radius 1 is 1.11 bits per heavy atom. The van der Waals surface area contributed by atoms with Gasteiger partial charge in [-0.25, -0.2) is 8.42 Å². The summed E-state index contributed by atoms with van der Waals surface area (Å²) < 4.78 is 26.6. The Kier molecular flexibility index (Phi) is 6.29. The Morgan fingerprint density at radius 3 is 2.63 bits per heavy atom. The van der Waals surface area contributed by atoms with Crippen LogP contribution in [0.5, 0.6) is 0 Å². The van der Waals surface area contributed by atoms with E-state index in [9.17, 15) is 13.2 Å². The monoisotopic (exact) mass is 386 g/mol. The van der Waals surface area contributed by atoms with Gasteiger partial charge < -0.3 is 5.32 Å². The number of hydrogen-bond acceptors (Lipinski definition) is 3. The molecule has 144 valence electrons. The van der Waals surface area contributed by atoms with Gasteiger partial charge in [-0.3, -0.25) is 4.79 Å². The largest absolute Gasteiger partial charge is 0.355 e. The third kappa shape index (κ3) is 4.96. The summed E-state index contributed by atoms with van der Waals surface area (Å²) in [5.41, 5.74) is 1.39. The second kappa shape index (κ2) is 8.67. The first kappa shape index (κ1) is 19.6.